The van der Waals surface area contributed by atoms with Crippen LogP contribution >= 0.6 is 11.8 Å². The maximum absolute atomic E-state index is 13.7. The minimum Gasteiger partial charge on any atom is -0.346 e. The lowest BCUT2D eigenvalue weighted by Crippen LogP contribution is -2.50. The molecule has 3 unspecified atom stereocenters. The highest BCUT2D eigenvalue weighted by Gasteiger charge is 2.40. The average molecular weight is 511 g/mol. The Morgan fingerprint density at radius 2 is 1.70 bits per heavy atom. The van der Waals surface area contributed by atoms with Crippen molar-refractivity contribution in [2.75, 3.05) is 0 Å². The van der Waals surface area contributed by atoms with Gasteiger partial charge in [-0.15, -0.1) is 11.8 Å². The lowest BCUT2D eigenvalue weighted by atomic mass is 9.92. The number of carbonyl (C=O) groups excluding carboxylic acids is 2. The molecule has 3 aromatic carbocycles. The van der Waals surface area contributed by atoms with Gasteiger partial charge in [0, 0.05) is 23.4 Å². The fourth-order valence-corrected chi connectivity index (χ4v) is 6.71. The van der Waals surface area contributed by atoms with E-state index < -0.39 is 0 Å². The first kappa shape index (κ1) is 25.3. The lowest BCUT2D eigenvalue weighted by Gasteiger charge is -2.44. The highest BCUT2D eigenvalue weighted by molar-refractivity contribution is 8.04. The number of fused-ring (bicyclic) bond motifs is 1. The summed E-state index contributed by atoms with van der Waals surface area (Å²) in [5.41, 5.74) is 5.02. The molecule has 0 bridgehead atoms. The number of hydrogen-bond donors (Lipinski definition) is 1. The minimum absolute atomic E-state index is 0.0743. The quantitative estimate of drug-likeness (QED) is 0.367. The van der Waals surface area contributed by atoms with Crippen molar-refractivity contribution in [3.8, 4) is 0 Å². The fourth-order valence-electron chi connectivity index (χ4n) is 5.24. The van der Waals surface area contributed by atoms with Gasteiger partial charge < -0.3 is 10.2 Å². The molecule has 5 rings (SSSR count). The molecule has 0 aromatic heterocycles. The Bertz CT molecular complexity index is 1270. The van der Waals surface area contributed by atoms with Crippen LogP contribution in [0.2, 0.25) is 0 Å². The molecule has 190 valence electrons. The van der Waals surface area contributed by atoms with Gasteiger partial charge in [0.05, 0.1) is 10.9 Å². The molecule has 1 N–H and O–H groups in total. The summed E-state index contributed by atoms with van der Waals surface area (Å²) in [6.45, 7) is 4.72. The maximum Gasteiger partial charge on any atom is 0.260 e. The van der Waals surface area contributed by atoms with Crippen LogP contribution in [-0.4, -0.2) is 28.0 Å². The smallest absolute Gasteiger partial charge is 0.260 e. The van der Waals surface area contributed by atoms with Gasteiger partial charge in [-0.2, -0.15) is 0 Å². The van der Waals surface area contributed by atoms with E-state index in [-0.39, 0.29) is 17.9 Å². The number of carbonyl (C=O) groups is 2. The summed E-state index contributed by atoms with van der Waals surface area (Å²) < 4.78 is 0. The first-order valence-electron chi connectivity index (χ1n) is 13.2. The highest BCUT2D eigenvalue weighted by Crippen LogP contribution is 2.42. The van der Waals surface area contributed by atoms with E-state index >= 15 is 0 Å². The molecule has 0 radical (unpaired) electrons. The van der Waals surface area contributed by atoms with Gasteiger partial charge in [0.25, 0.3) is 11.8 Å². The second-order valence-corrected chi connectivity index (χ2v) is 11.4. The van der Waals surface area contributed by atoms with Gasteiger partial charge in [0.2, 0.25) is 0 Å². The van der Waals surface area contributed by atoms with Crippen LogP contribution in [0.1, 0.15) is 71.3 Å². The Kier molecular flexibility index (Phi) is 7.80. The van der Waals surface area contributed by atoms with Crippen molar-refractivity contribution in [2.45, 2.75) is 63.4 Å². The molecule has 3 aromatic rings. The fraction of sp³-hybridized carbons (Fsp3) is 0.312. The second kappa shape index (κ2) is 11.4. The van der Waals surface area contributed by atoms with Crippen molar-refractivity contribution in [2.24, 2.45) is 0 Å². The summed E-state index contributed by atoms with van der Waals surface area (Å²) in [6.07, 6.45) is 6.62. The van der Waals surface area contributed by atoms with Crippen LogP contribution < -0.4 is 5.32 Å². The second-order valence-electron chi connectivity index (χ2n) is 10.2. The number of benzene rings is 3. The van der Waals surface area contributed by atoms with E-state index in [0.29, 0.717) is 23.4 Å². The van der Waals surface area contributed by atoms with E-state index in [1.54, 1.807) is 11.8 Å². The number of aryl methyl sites for hydroxylation is 1. The van der Waals surface area contributed by atoms with Gasteiger partial charge >= 0.3 is 0 Å². The predicted molar refractivity (Wildman–Crippen MR) is 152 cm³/mol. The van der Waals surface area contributed by atoms with Crippen LogP contribution in [0.3, 0.4) is 0 Å². The number of amides is 2. The number of nitrogens with zero attached hydrogens (tertiary/aromatic N) is 1. The zero-order valence-corrected chi connectivity index (χ0v) is 22.3. The van der Waals surface area contributed by atoms with Crippen LogP contribution in [0.25, 0.3) is 6.08 Å². The monoisotopic (exact) mass is 510 g/mol. The molecule has 0 spiro atoms. The first-order valence-corrected chi connectivity index (χ1v) is 14.1. The van der Waals surface area contributed by atoms with E-state index in [4.69, 9.17) is 0 Å². The minimum atomic E-state index is -0.104. The molecule has 4 nitrogen and oxygen atoms in total. The third-order valence-electron chi connectivity index (χ3n) is 7.41. The number of hydrogen-bond acceptors (Lipinski definition) is 3. The summed E-state index contributed by atoms with van der Waals surface area (Å²) in [7, 11) is 0. The molecule has 1 saturated heterocycles. The Labute approximate surface area is 224 Å². The van der Waals surface area contributed by atoms with Gasteiger partial charge in [-0.1, -0.05) is 85.1 Å². The summed E-state index contributed by atoms with van der Waals surface area (Å²) in [4.78, 5) is 29.3. The SMILES string of the molecule is Cc1ccc(CN2C(=O)/C(=C\c3ccc(C(=O)NC(C)c4ccccc4)cc3)SC3CCCCC32)cc1. The van der Waals surface area contributed by atoms with E-state index in [9.17, 15) is 9.59 Å². The number of rotatable bonds is 6. The van der Waals surface area contributed by atoms with Gasteiger partial charge in [0.1, 0.15) is 0 Å². The zero-order chi connectivity index (χ0) is 25.8. The molecule has 1 aliphatic heterocycles. The van der Waals surface area contributed by atoms with Crippen molar-refractivity contribution in [1.29, 1.82) is 0 Å². The first-order chi connectivity index (χ1) is 18.0. The summed E-state index contributed by atoms with van der Waals surface area (Å²) in [5, 5.41) is 3.50. The molecular formula is C32H34N2O2S. The third kappa shape index (κ3) is 5.99. The largest absolute Gasteiger partial charge is 0.346 e. The topological polar surface area (TPSA) is 49.4 Å². The molecular weight excluding hydrogens is 476 g/mol. The predicted octanol–water partition coefficient (Wildman–Crippen LogP) is 6.91. The normalized spacial score (nSPS) is 21.4. The Balaban J connectivity index is 1.31. The highest BCUT2D eigenvalue weighted by atomic mass is 32.2. The lowest BCUT2D eigenvalue weighted by molar-refractivity contribution is -0.130. The van der Waals surface area contributed by atoms with Crippen LogP contribution in [0.5, 0.6) is 0 Å². The molecule has 2 amide bonds. The molecule has 1 heterocycles. The number of nitrogens with one attached hydrogen (secondary N) is 1. The van der Waals surface area contributed by atoms with E-state index in [1.165, 1.54) is 24.0 Å². The molecule has 5 heteroatoms. The maximum atomic E-state index is 13.7. The Morgan fingerprint density at radius 3 is 2.43 bits per heavy atom. The van der Waals surface area contributed by atoms with Crippen LogP contribution in [-0.2, 0) is 11.3 Å². The van der Waals surface area contributed by atoms with E-state index in [1.807, 2.05) is 67.6 Å². The van der Waals surface area contributed by atoms with Gasteiger partial charge in [-0.25, -0.2) is 0 Å². The van der Waals surface area contributed by atoms with Crippen molar-refractivity contribution in [3.05, 3.63) is 112 Å². The van der Waals surface area contributed by atoms with Crippen LogP contribution in [0.15, 0.2) is 83.8 Å². The average Bonchev–Trinajstić information content (AvgIpc) is 2.93. The zero-order valence-electron chi connectivity index (χ0n) is 21.5. The van der Waals surface area contributed by atoms with Crippen molar-refractivity contribution in [3.63, 3.8) is 0 Å². The van der Waals surface area contributed by atoms with Crippen molar-refractivity contribution in [1.82, 2.24) is 10.2 Å². The van der Waals surface area contributed by atoms with Gasteiger partial charge in [-0.05, 0) is 61.6 Å². The summed E-state index contributed by atoms with van der Waals surface area (Å²) in [6, 6.07) is 26.2. The van der Waals surface area contributed by atoms with Crippen molar-refractivity contribution < 1.29 is 9.59 Å². The third-order valence-corrected chi connectivity index (χ3v) is 8.81. The molecule has 1 aliphatic carbocycles. The summed E-state index contributed by atoms with van der Waals surface area (Å²) in [5.74, 6) is 0.0141. The molecule has 1 saturated carbocycles. The standard InChI is InChI=1S/C32H34N2O2S/c1-22-12-14-25(15-13-22)21-34-28-10-6-7-11-29(28)37-30(32(34)36)20-24-16-18-27(19-17-24)31(35)33-23(2)26-8-4-3-5-9-26/h3-5,8-9,12-20,23,28-29H,6-7,10-11,21H2,1-2H3,(H,33,35)/b30-20+. The van der Waals surface area contributed by atoms with Crippen molar-refractivity contribution >= 4 is 29.7 Å². The Morgan fingerprint density at radius 1 is 1.00 bits per heavy atom. The van der Waals surface area contributed by atoms with E-state index in [2.05, 4.69) is 41.4 Å². The summed E-state index contributed by atoms with van der Waals surface area (Å²) >= 11 is 1.74. The Hall–Kier alpha value is -3.31. The molecule has 37 heavy (non-hydrogen) atoms. The van der Waals surface area contributed by atoms with Crippen LogP contribution in [0, 0.1) is 6.92 Å². The van der Waals surface area contributed by atoms with Gasteiger partial charge in [-0.3, -0.25) is 9.59 Å². The number of thioether (sulfide) groups is 1. The molecule has 2 aliphatic rings. The van der Waals surface area contributed by atoms with Crippen LogP contribution in [0.4, 0.5) is 0 Å². The van der Waals surface area contributed by atoms with E-state index in [0.717, 1.165) is 28.9 Å². The molecule has 2 fully saturated rings. The molecule has 3 atom stereocenters. The van der Waals surface area contributed by atoms with Gasteiger partial charge in [0.15, 0.2) is 0 Å².